The summed E-state index contributed by atoms with van der Waals surface area (Å²) in [6, 6.07) is 1.57. The molecule has 1 amide bonds. The first-order valence-electron chi connectivity index (χ1n) is 5.84. The van der Waals surface area contributed by atoms with E-state index in [1.165, 1.54) is 6.20 Å². The van der Waals surface area contributed by atoms with Crippen molar-refractivity contribution in [2.45, 2.75) is 19.9 Å². The van der Waals surface area contributed by atoms with Crippen molar-refractivity contribution in [1.29, 1.82) is 0 Å². The van der Waals surface area contributed by atoms with Crippen LogP contribution < -0.4 is 16.6 Å². The van der Waals surface area contributed by atoms with Gasteiger partial charge in [0.2, 0.25) is 0 Å². The number of H-pyrrole nitrogens is 1. The number of nitrogens with zero attached hydrogens (tertiary/aromatic N) is 2. The molecule has 1 unspecified atom stereocenters. The Bertz CT molecular complexity index is 566. The van der Waals surface area contributed by atoms with Gasteiger partial charge in [0.15, 0.2) is 0 Å². The number of carbonyl (C=O) groups is 1. The summed E-state index contributed by atoms with van der Waals surface area (Å²) >= 11 is 0. The molecule has 7 heteroatoms. The molecule has 0 saturated carbocycles. The Hall–Kier alpha value is -2.41. The van der Waals surface area contributed by atoms with E-state index in [9.17, 15) is 4.79 Å². The smallest absolute Gasteiger partial charge is 0.255 e. The molecular formula is C12H16N6O. The van der Waals surface area contributed by atoms with Gasteiger partial charge in [0.1, 0.15) is 0 Å². The van der Waals surface area contributed by atoms with E-state index in [1.807, 2.05) is 13.8 Å². The average Bonchev–Trinajstić information content (AvgIpc) is 2.92. The second-order valence-electron chi connectivity index (χ2n) is 4.24. The third-order valence-corrected chi connectivity index (χ3v) is 2.81. The molecule has 0 fully saturated rings. The lowest BCUT2D eigenvalue weighted by molar-refractivity contribution is 0.0940. The first-order valence-corrected chi connectivity index (χ1v) is 5.84. The van der Waals surface area contributed by atoms with Gasteiger partial charge in [0, 0.05) is 23.7 Å². The molecule has 2 rings (SSSR count). The van der Waals surface area contributed by atoms with E-state index in [4.69, 9.17) is 5.84 Å². The Morgan fingerprint density at radius 3 is 2.89 bits per heavy atom. The number of amides is 1. The van der Waals surface area contributed by atoms with Crippen LogP contribution in [-0.4, -0.2) is 21.1 Å². The third kappa shape index (κ3) is 2.89. The maximum absolute atomic E-state index is 12.2. The largest absolute Gasteiger partial charge is 0.345 e. The number of rotatable bonds is 4. The number of aromatic nitrogens is 3. The Labute approximate surface area is 110 Å². The predicted molar refractivity (Wildman–Crippen MR) is 71.3 cm³/mol. The van der Waals surface area contributed by atoms with Crippen LogP contribution in [0.2, 0.25) is 0 Å². The highest BCUT2D eigenvalue weighted by Gasteiger charge is 2.15. The summed E-state index contributed by atoms with van der Waals surface area (Å²) in [6.07, 6.45) is 4.91. The van der Waals surface area contributed by atoms with E-state index < -0.39 is 0 Å². The molecule has 0 aliphatic rings. The number of hydrogen-bond donors (Lipinski definition) is 4. The summed E-state index contributed by atoms with van der Waals surface area (Å²) in [6.45, 7) is 3.70. The zero-order valence-electron chi connectivity index (χ0n) is 10.8. The minimum atomic E-state index is -0.242. The number of hydrogen-bond acceptors (Lipinski definition) is 5. The monoisotopic (exact) mass is 260 g/mol. The lowest BCUT2D eigenvalue weighted by Crippen LogP contribution is -2.28. The number of nitrogen functional groups attached to an aromatic ring is 1. The molecule has 0 spiro atoms. The fraction of sp³-hybridized carbons (Fsp3) is 0.250. The molecule has 2 aromatic heterocycles. The molecule has 0 saturated heterocycles. The minimum absolute atomic E-state index is 0.154. The predicted octanol–water partition coefficient (Wildman–Crippen LogP) is 0.890. The number of carbonyl (C=O) groups excluding carboxylic acids is 1. The van der Waals surface area contributed by atoms with Crippen LogP contribution in [0, 0.1) is 6.92 Å². The van der Waals surface area contributed by atoms with Crippen LogP contribution in [0.25, 0.3) is 0 Å². The molecular weight excluding hydrogens is 244 g/mol. The zero-order valence-corrected chi connectivity index (χ0v) is 10.8. The summed E-state index contributed by atoms with van der Waals surface area (Å²) < 4.78 is 0. The summed E-state index contributed by atoms with van der Waals surface area (Å²) in [5, 5.41) is 9.41. The van der Waals surface area contributed by atoms with Gasteiger partial charge in [-0.3, -0.25) is 20.7 Å². The molecule has 100 valence electrons. The van der Waals surface area contributed by atoms with Crippen molar-refractivity contribution in [1.82, 2.24) is 20.5 Å². The van der Waals surface area contributed by atoms with E-state index in [2.05, 4.69) is 25.9 Å². The number of aromatic amines is 1. The minimum Gasteiger partial charge on any atom is -0.345 e. The summed E-state index contributed by atoms with van der Waals surface area (Å²) in [5.74, 6) is 5.17. The Morgan fingerprint density at radius 1 is 1.47 bits per heavy atom. The maximum atomic E-state index is 12.2. The van der Waals surface area contributed by atoms with Gasteiger partial charge in [-0.1, -0.05) is 0 Å². The molecule has 1 atom stereocenters. The molecule has 0 aromatic carbocycles. The van der Waals surface area contributed by atoms with Gasteiger partial charge in [0.05, 0.1) is 23.5 Å². The molecule has 0 radical (unpaired) electrons. The molecule has 2 aromatic rings. The van der Waals surface area contributed by atoms with Gasteiger partial charge in [-0.2, -0.15) is 5.10 Å². The van der Waals surface area contributed by atoms with Crippen molar-refractivity contribution in [3.63, 3.8) is 0 Å². The number of nitrogens with one attached hydrogen (secondary N) is 3. The average molecular weight is 260 g/mol. The van der Waals surface area contributed by atoms with Crippen molar-refractivity contribution in [3.8, 4) is 0 Å². The molecule has 5 N–H and O–H groups in total. The van der Waals surface area contributed by atoms with Crippen molar-refractivity contribution < 1.29 is 4.79 Å². The van der Waals surface area contributed by atoms with Crippen LogP contribution in [0.4, 0.5) is 5.69 Å². The van der Waals surface area contributed by atoms with Gasteiger partial charge in [-0.15, -0.1) is 0 Å². The van der Waals surface area contributed by atoms with Crippen molar-refractivity contribution >= 4 is 11.6 Å². The number of nitrogens with two attached hydrogens (primary N) is 1. The van der Waals surface area contributed by atoms with Gasteiger partial charge in [-0.05, 0) is 19.9 Å². The van der Waals surface area contributed by atoms with Crippen LogP contribution in [0.5, 0.6) is 0 Å². The van der Waals surface area contributed by atoms with Crippen LogP contribution in [0.15, 0.2) is 24.7 Å². The molecule has 0 aliphatic carbocycles. The van der Waals surface area contributed by atoms with E-state index in [0.29, 0.717) is 11.3 Å². The van der Waals surface area contributed by atoms with Gasteiger partial charge in [-0.25, -0.2) is 0 Å². The highest BCUT2D eigenvalue weighted by atomic mass is 16.1. The van der Waals surface area contributed by atoms with Gasteiger partial charge in [0.25, 0.3) is 5.91 Å². The van der Waals surface area contributed by atoms with E-state index in [-0.39, 0.29) is 11.9 Å². The molecule has 7 nitrogen and oxygen atoms in total. The lowest BCUT2D eigenvalue weighted by atomic mass is 10.1. The maximum Gasteiger partial charge on any atom is 0.255 e. The second-order valence-corrected chi connectivity index (χ2v) is 4.24. The highest BCUT2D eigenvalue weighted by Crippen LogP contribution is 2.16. The van der Waals surface area contributed by atoms with Crippen LogP contribution in [0.1, 0.15) is 34.6 Å². The topological polar surface area (TPSA) is 109 Å². The molecule has 2 heterocycles. The first-order chi connectivity index (χ1) is 9.11. The number of hydrazine groups is 1. The lowest BCUT2D eigenvalue weighted by Gasteiger charge is -2.14. The Balaban J connectivity index is 2.16. The SMILES string of the molecule is Cc1cc(NN)c(C(=O)NC(C)c2cn[nH]c2)cn1. The Morgan fingerprint density at radius 2 is 2.26 bits per heavy atom. The van der Waals surface area contributed by atoms with Crippen molar-refractivity contribution in [3.05, 3.63) is 41.5 Å². The van der Waals surface area contributed by atoms with Crippen molar-refractivity contribution in [2.24, 2.45) is 5.84 Å². The van der Waals surface area contributed by atoms with Gasteiger partial charge >= 0.3 is 0 Å². The standard InChI is InChI=1S/C12H16N6O/c1-7-3-11(18-13)10(6-14-7)12(19)17-8(2)9-4-15-16-5-9/h3-6,8H,13H2,1-2H3,(H,14,18)(H,15,16)(H,17,19). The summed E-state index contributed by atoms with van der Waals surface area (Å²) in [5.41, 5.74) is 5.14. The summed E-state index contributed by atoms with van der Waals surface area (Å²) in [4.78, 5) is 16.3. The number of anilines is 1. The van der Waals surface area contributed by atoms with Crippen LogP contribution >= 0.6 is 0 Å². The zero-order chi connectivity index (χ0) is 13.8. The Kier molecular flexibility index (Phi) is 3.76. The van der Waals surface area contributed by atoms with E-state index in [0.717, 1.165) is 11.3 Å². The third-order valence-electron chi connectivity index (χ3n) is 2.81. The number of aryl methyl sites for hydroxylation is 1. The fourth-order valence-electron chi connectivity index (χ4n) is 1.72. The second kappa shape index (κ2) is 5.49. The normalized spacial score (nSPS) is 11.9. The van der Waals surface area contributed by atoms with Crippen LogP contribution in [-0.2, 0) is 0 Å². The van der Waals surface area contributed by atoms with E-state index >= 15 is 0 Å². The first kappa shape index (κ1) is 13.0. The van der Waals surface area contributed by atoms with Crippen LogP contribution in [0.3, 0.4) is 0 Å². The fourth-order valence-corrected chi connectivity index (χ4v) is 1.72. The molecule has 19 heavy (non-hydrogen) atoms. The number of pyridine rings is 1. The van der Waals surface area contributed by atoms with Crippen molar-refractivity contribution in [2.75, 3.05) is 5.43 Å². The van der Waals surface area contributed by atoms with Gasteiger partial charge < -0.3 is 10.7 Å². The molecule has 0 bridgehead atoms. The summed E-state index contributed by atoms with van der Waals surface area (Å²) in [7, 11) is 0. The van der Waals surface area contributed by atoms with E-state index in [1.54, 1.807) is 18.5 Å². The quantitative estimate of drug-likeness (QED) is 0.482. The molecule has 0 aliphatic heterocycles. The highest BCUT2D eigenvalue weighted by molar-refractivity contribution is 5.99.